The summed E-state index contributed by atoms with van der Waals surface area (Å²) in [6.07, 6.45) is 0.351. The highest BCUT2D eigenvalue weighted by atomic mass is 16.5. The van der Waals surface area contributed by atoms with Crippen LogP contribution in [-0.2, 0) is 24.6 Å². The van der Waals surface area contributed by atoms with E-state index in [0.29, 0.717) is 12.0 Å². The Bertz CT molecular complexity index is 1130. The number of anilines is 1. The molecular formula is C25H27N3O7. The number of nitrogens with zero attached hydrogens (tertiary/aromatic N) is 1. The summed E-state index contributed by atoms with van der Waals surface area (Å²) >= 11 is 0. The van der Waals surface area contributed by atoms with Crippen LogP contribution in [0, 0.1) is 5.92 Å². The summed E-state index contributed by atoms with van der Waals surface area (Å²) in [6, 6.07) is 12.1. The Morgan fingerprint density at radius 3 is 2.06 bits per heavy atom. The molecule has 2 N–H and O–H groups in total. The van der Waals surface area contributed by atoms with Gasteiger partial charge in [-0.15, -0.1) is 0 Å². The SMILES string of the molecule is COC(=O)c1cc(NC(=O)CN2C(=O)NC(CC(C)C)(c3ccccc3)C2=O)cc(C(=O)OC)c1. The van der Waals surface area contributed by atoms with E-state index in [-0.39, 0.29) is 22.7 Å². The molecule has 2 aromatic carbocycles. The largest absolute Gasteiger partial charge is 0.465 e. The standard InChI is InChI=1S/C25H27N3O7/c1-15(2)13-25(18-8-6-5-7-9-18)23(32)28(24(33)27-25)14-20(29)26-19-11-16(21(30)34-3)10-17(12-19)22(31)35-4/h5-12,15H,13-14H2,1-4H3,(H,26,29)(H,27,33). The van der Waals surface area contributed by atoms with Gasteiger partial charge in [0.2, 0.25) is 5.91 Å². The van der Waals surface area contributed by atoms with E-state index in [4.69, 9.17) is 0 Å². The Hall–Kier alpha value is -4.21. The maximum atomic E-state index is 13.5. The van der Waals surface area contributed by atoms with Gasteiger partial charge in [0, 0.05) is 5.69 Å². The van der Waals surface area contributed by atoms with Gasteiger partial charge in [0.25, 0.3) is 5.91 Å². The van der Waals surface area contributed by atoms with E-state index < -0.39 is 41.9 Å². The maximum absolute atomic E-state index is 13.5. The van der Waals surface area contributed by atoms with Gasteiger partial charge in [0.15, 0.2) is 0 Å². The van der Waals surface area contributed by atoms with E-state index in [1.54, 1.807) is 24.3 Å². The van der Waals surface area contributed by atoms with Crippen LogP contribution in [0.1, 0.15) is 46.5 Å². The number of urea groups is 1. The Kier molecular flexibility index (Phi) is 7.53. The number of methoxy groups -OCH3 is 2. The first-order chi connectivity index (χ1) is 16.6. The molecule has 1 aliphatic rings. The molecule has 2 aromatic rings. The van der Waals surface area contributed by atoms with Crippen molar-refractivity contribution in [2.24, 2.45) is 5.92 Å². The third-order valence-corrected chi connectivity index (χ3v) is 5.52. The van der Waals surface area contributed by atoms with Crippen molar-refractivity contribution in [3.8, 4) is 0 Å². The third kappa shape index (κ3) is 5.32. The van der Waals surface area contributed by atoms with Crippen LogP contribution in [-0.4, -0.2) is 55.4 Å². The van der Waals surface area contributed by atoms with Crippen molar-refractivity contribution in [2.45, 2.75) is 25.8 Å². The molecule has 1 fully saturated rings. The Balaban J connectivity index is 1.85. The molecule has 10 heteroatoms. The zero-order valence-electron chi connectivity index (χ0n) is 19.9. The second-order valence-electron chi connectivity index (χ2n) is 8.52. The van der Waals surface area contributed by atoms with Crippen molar-refractivity contribution >= 4 is 35.5 Å². The lowest BCUT2D eigenvalue weighted by Gasteiger charge is -2.29. The average Bonchev–Trinajstić information content (AvgIpc) is 3.07. The molecule has 1 heterocycles. The molecule has 1 atom stereocenters. The molecule has 10 nitrogen and oxygen atoms in total. The van der Waals surface area contributed by atoms with Gasteiger partial charge in [-0.3, -0.25) is 14.5 Å². The third-order valence-electron chi connectivity index (χ3n) is 5.52. The van der Waals surface area contributed by atoms with Gasteiger partial charge in [-0.2, -0.15) is 0 Å². The lowest BCUT2D eigenvalue weighted by Crippen LogP contribution is -2.45. The van der Waals surface area contributed by atoms with Crippen LogP contribution in [0.2, 0.25) is 0 Å². The lowest BCUT2D eigenvalue weighted by molar-refractivity contribution is -0.134. The number of nitrogens with one attached hydrogen (secondary N) is 2. The summed E-state index contributed by atoms with van der Waals surface area (Å²) in [5.41, 5.74) is -0.526. The molecule has 0 aromatic heterocycles. The number of amides is 4. The number of imide groups is 1. The van der Waals surface area contributed by atoms with Crippen molar-refractivity contribution < 1.29 is 33.4 Å². The predicted octanol–water partition coefficient (Wildman–Crippen LogP) is 2.69. The Labute approximate surface area is 202 Å². The summed E-state index contributed by atoms with van der Waals surface area (Å²) in [4.78, 5) is 63.9. The number of carbonyl (C=O) groups excluding carboxylic acids is 5. The highest BCUT2D eigenvalue weighted by Gasteiger charge is 2.52. The summed E-state index contributed by atoms with van der Waals surface area (Å²) in [5, 5.41) is 5.31. The molecular weight excluding hydrogens is 454 g/mol. The number of ether oxygens (including phenoxy) is 2. The van der Waals surface area contributed by atoms with Gasteiger partial charge in [-0.1, -0.05) is 44.2 Å². The summed E-state index contributed by atoms with van der Waals surface area (Å²) in [5.74, 6) is -2.59. The molecule has 0 aliphatic carbocycles. The zero-order chi connectivity index (χ0) is 25.8. The van der Waals surface area contributed by atoms with Gasteiger partial charge < -0.3 is 20.1 Å². The van der Waals surface area contributed by atoms with E-state index in [1.807, 2.05) is 19.9 Å². The van der Waals surface area contributed by atoms with Crippen molar-refractivity contribution in [1.82, 2.24) is 10.2 Å². The molecule has 35 heavy (non-hydrogen) atoms. The molecule has 4 amide bonds. The second kappa shape index (κ2) is 10.4. The van der Waals surface area contributed by atoms with E-state index in [1.165, 1.54) is 32.4 Å². The van der Waals surface area contributed by atoms with Crippen LogP contribution in [0.4, 0.5) is 10.5 Å². The summed E-state index contributed by atoms with van der Waals surface area (Å²) < 4.78 is 9.37. The highest BCUT2D eigenvalue weighted by molar-refractivity contribution is 6.10. The van der Waals surface area contributed by atoms with E-state index in [2.05, 4.69) is 20.1 Å². The minimum atomic E-state index is -1.28. The number of hydrogen-bond donors (Lipinski definition) is 2. The minimum Gasteiger partial charge on any atom is -0.465 e. The Morgan fingerprint density at radius 1 is 0.971 bits per heavy atom. The fourth-order valence-corrected chi connectivity index (χ4v) is 4.07. The Morgan fingerprint density at radius 2 is 1.54 bits per heavy atom. The van der Waals surface area contributed by atoms with E-state index in [9.17, 15) is 24.0 Å². The molecule has 1 aliphatic heterocycles. The highest BCUT2D eigenvalue weighted by Crippen LogP contribution is 2.35. The normalized spacial score (nSPS) is 17.2. The van der Waals surface area contributed by atoms with Gasteiger partial charge in [-0.05, 0) is 36.1 Å². The smallest absolute Gasteiger partial charge is 0.337 e. The van der Waals surface area contributed by atoms with Gasteiger partial charge in [-0.25, -0.2) is 14.4 Å². The fraction of sp³-hybridized carbons (Fsp3) is 0.320. The van der Waals surface area contributed by atoms with Gasteiger partial charge in [0.05, 0.1) is 25.3 Å². The number of esters is 2. The molecule has 0 radical (unpaired) electrons. The lowest BCUT2D eigenvalue weighted by atomic mass is 9.82. The van der Waals surface area contributed by atoms with E-state index >= 15 is 0 Å². The first-order valence-corrected chi connectivity index (χ1v) is 10.9. The zero-order valence-corrected chi connectivity index (χ0v) is 19.9. The maximum Gasteiger partial charge on any atom is 0.337 e. The quantitative estimate of drug-likeness (QED) is 0.438. The van der Waals surface area contributed by atoms with Crippen molar-refractivity contribution in [3.63, 3.8) is 0 Å². The van der Waals surface area contributed by atoms with Crippen molar-refractivity contribution in [2.75, 3.05) is 26.1 Å². The minimum absolute atomic E-state index is 0.0146. The predicted molar refractivity (Wildman–Crippen MR) is 126 cm³/mol. The monoisotopic (exact) mass is 481 g/mol. The van der Waals surface area contributed by atoms with Crippen LogP contribution in [0.25, 0.3) is 0 Å². The molecule has 0 bridgehead atoms. The molecule has 0 spiro atoms. The molecule has 184 valence electrons. The number of carbonyl (C=O) groups is 5. The van der Waals surface area contributed by atoms with Crippen molar-refractivity contribution in [1.29, 1.82) is 0 Å². The first-order valence-electron chi connectivity index (χ1n) is 10.9. The molecule has 1 unspecified atom stereocenters. The van der Waals surface area contributed by atoms with Crippen molar-refractivity contribution in [3.05, 3.63) is 65.2 Å². The fourth-order valence-electron chi connectivity index (χ4n) is 4.07. The van der Waals surface area contributed by atoms with Gasteiger partial charge >= 0.3 is 18.0 Å². The van der Waals surface area contributed by atoms with Crippen LogP contribution < -0.4 is 10.6 Å². The number of rotatable bonds is 8. The molecule has 1 saturated heterocycles. The van der Waals surface area contributed by atoms with Crippen LogP contribution in [0.15, 0.2) is 48.5 Å². The number of hydrogen-bond acceptors (Lipinski definition) is 7. The average molecular weight is 482 g/mol. The topological polar surface area (TPSA) is 131 Å². The van der Waals surface area contributed by atoms with Crippen LogP contribution in [0.5, 0.6) is 0 Å². The second-order valence-corrected chi connectivity index (χ2v) is 8.52. The summed E-state index contributed by atoms with van der Waals surface area (Å²) in [7, 11) is 2.36. The van der Waals surface area contributed by atoms with Gasteiger partial charge in [0.1, 0.15) is 12.1 Å². The van der Waals surface area contributed by atoms with E-state index in [0.717, 1.165) is 4.90 Å². The molecule has 3 rings (SSSR count). The molecule has 0 saturated carbocycles. The first kappa shape index (κ1) is 25.4. The summed E-state index contributed by atoms with van der Waals surface area (Å²) in [6.45, 7) is 3.31. The van der Waals surface area contributed by atoms with Crippen LogP contribution in [0.3, 0.4) is 0 Å². The number of benzene rings is 2. The van der Waals surface area contributed by atoms with Crippen LogP contribution >= 0.6 is 0 Å².